The largest absolute Gasteiger partial charge is 0.490 e. The van der Waals surface area contributed by atoms with Gasteiger partial charge < -0.3 is 19.7 Å². The molecular formula is C23H34N2O4. The van der Waals surface area contributed by atoms with Crippen LogP contribution in [0.3, 0.4) is 0 Å². The van der Waals surface area contributed by atoms with Crippen LogP contribution in [-0.2, 0) is 9.59 Å². The smallest absolute Gasteiger partial charge is 0.225 e. The molecule has 0 bridgehead atoms. The number of likely N-dealkylation sites (tertiary alicyclic amines) is 1. The Morgan fingerprint density at radius 3 is 2.48 bits per heavy atom. The molecule has 1 N–H and O–H groups in total. The summed E-state index contributed by atoms with van der Waals surface area (Å²) >= 11 is 0. The van der Waals surface area contributed by atoms with E-state index in [0.29, 0.717) is 43.6 Å². The van der Waals surface area contributed by atoms with Crippen molar-refractivity contribution in [3.8, 4) is 11.5 Å². The predicted molar refractivity (Wildman–Crippen MR) is 112 cm³/mol. The fraction of sp³-hybridized carbons (Fsp3) is 0.652. The Kier molecular flexibility index (Phi) is 7.04. The van der Waals surface area contributed by atoms with Crippen LogP contribution < -0.4 is 14.8 Å². The lowest BCUT2D eigenvalue weighted by Gasteiger charge is -2.25. The zero-order valence-corrected chi connectivity index (χ0v) is 18.1. The number of rotatable bonds is 10. The van der Waals surface area contributed by atoms with E-state index in [1.807, 2.05) is 36.9 Å². The highest BCUT2D eigenvalue weighted by atomic mass is 16.5. The minimum atomic E-state index is -0.267. The molecule has 6 nitrogen and oxygen atoms in total. The molecule has 1 aromatic rings. The van der Waals surface area contributed by atoms with Crippen molar-refractivity contribution in [2.75, 3.05) is 26.3 Å². The molecule has 2 unspecified atom stereocenters. The summed E-state index contributed by atoms with van der Waals surface area (Å²) in [5.41, 5.74) is 0.986. The second-order valence-electron chi connectivity index (χ2n) is 8.45. The van der Waals surface area contributed by atoms with Crippen LogP contribution in [0.4, 0.5) is 0 Å². The quantitative estimate of drug-likeness (QED) is 0.650. The van der Waals surface area contributed by atoms with E-state index in [0.717, 1.165) is 12.1 Å². The van der Waals surface area contributed by atoms with Gasteiger partial charge in [-0.3, -0.25) is 9.59 Å². The fourth-order valence-electron chi connectivity index (χ4n) is 3.90. The Balaban J connectivity index is 1.70. The van der Waals surface area contributed by atoms with E-state index in [-0.39, 0.29) is 29.7 Å². The average molecular weight is 403 g/mol. The number of nitrogens with one attached hydrogen (secondary N) is 1. The van der Waals surface area contributed by atoms with E-state index in [4.69, 9.17) is 9.47 Å². The first-order valence-corrected chi connectivity index (χ1v) is 10.9. The van der Waals surface area contributed by atoms with E-state index in [9.17, 15) is 9.59 Å². The van der Waals surface area contributed by atoms with Gasteiger partial charge in [0, 0.05) is 19.5 Å². The zero-order chi connectivity index (χ0) is 21.0. The van der Waals surface area contributed by atoms with E-state index >= 15 is 0 Å². The van der Waals surface area contributed by atoms with Gasteiger partial charge in [0.05, 0.1) is 25.2 Å². The van der Waals surface area contributed by atoms with Crippen molar-refractivity contribution in [3.05, 3.63) is 23.8 Å². The third-order valence-corrected chi connectivity index (χ3v) is 5.65. The SMILES string of the molecule is CCOc1ccc(C(NC(=O)C2CC(=O)N(CC3CC3)C2)C(C)C)cc1OCC. The Morgan fingerprint density at radius 2 is 1.86 bits per heavy atom. The lowest BCUT2D eigenvalue weighted by molar-refractivity contribution is -0.129. The summed E-state index contributed by atoms with van der Waals surface area (Å²) in [6.07, 6.45) is 2.72. The first-order valence-electron chi connectivity index (χ1n) is 10.9. The van der Waals surface area contributed by atoms with Crippen LogP contribution in [0.2, 0.25) is 0 Å². The number of amides is 2. The number of ether oxygens (including phenoxy) is 2. The van der Waals surface area contributed by atoms with Crippen molar-refractivity contribution >= 4 is 11.8 Å². The molecule has 1 aliphatic heterocycles. The monoisotopic (exact) mass is 402 g/mol. The van der Waals surface area contributed by atoms with Crippen LogP contribution in [0.25, 0.3) is 0 Å². The van der Waals surface area contributed by atoms with Crippen LogP contribution >= 0.6 is 0 Å². The molecule has 0 radical (unpaired) electrons. The number of carbonyl (C=O) groups is 2. The molecule has 3 rings (SSSR count). The van der Waals surface area contributed by atoms with Crippen molar-refractivity contribution in [1.29, 1.82) is 0 Å². The van der Waals surface area contributed by atoms with Gasteiger partial charge in [-0.1, -0.05) is 19.9 Å². The van der Waals surface area contributed by atoms with Crippen molar-refractivity contribution < 1.29 is 19.1 Å². The number of carbonyl (C=O) groups excluding carboxylic acids is 2. The Labute approximate surface area is 173 Å². The van der Waals surface area contributed by atoms with Crippen LogP contribution in [0.15, 0.2) is 18.2 Å². The highest BCUT2D eigenvalue weighted by molar-refractivity contribution is 5.89. The fourth-order valence-corrected chi connectivity index (χ4v) is 3.90. The first kappa shape index (κ1) is 21.5. The number of benzene rings is 1. The molecule has 1 aliphatic carbocycles. The van der Waals surface area contributed by atoms with Crippen molar-refractivity contribution in [2.45, 2.75) is 53.0 Å². The molecule has 0 aromatic heterocycles. The van der Waals surface area contributed by atoms with Crippen molar-refractivity contribution in [2.24, 2.45) is 17.8 Å². The normalized spacial score (nSPS) is 20.1. The third kappa shape index (κ3) is 5.43. The maximum Gasteiger partial charge on any atom is 0.225 e. The lowest BCUT2D eigenvalue weighted by atomic mass is 9.94. The minimum Gasteiger partial charge on any atom is -0.490 e. The standard InChI is InChI=1S/C23H34N2O4/c1-5-28-19-10-9-17(11-20(19)29-6-2)22(15(3)4)24-23(27)18-12-21(26)25(14-18)13-16-7-8-16/h9-11,15-16,18,22H,5-8,12-14H2,1-4H3,(H,24,27). The molecule has 2 amide bonds. The van der Waals surface area contributed by atoms with Gasteiger partial charge in [0.15, 0.2) is 11.5 Å². The topological polar surface area (TPSA) is 67.9 Å². The van der Waals surface area contributed by atoms with E-state index in [1.165, 1.54) is 12.8 Å². The second kappa shape index (κ2) is 9.51. The predicted octanol–water partition coefficient (Wildman–Crippen LogP) is 3.56. The van der Waals surface area contributed by atoms with E-state index in [2.05, 4.69) is 19.2 Å². The molecule has 1 saturated heterocycles. The van der Waals surface area contributed by atoms with Gasteiger partial charge in [-0.2, -0.15) is 0 Å². The third-order valence-electron chi connectivity index (χ3n) is 5.65. The van der Waals surface area contributed by atoms with Crippen LogP contribution in [-0.4, -0.2) is 43.0 Å². The molecule has 2 fully saturated rings. The summed E-state index contributed by atoms with van der Waals surface area (Å²) in [6.45, 7) is 10.5. The van der Waals surface area contributed by atoms with E-state index in [1.54, 1.807) is 0 Å². The molecule has 1 saturated carbocycles. The first-order chi connectivity index (χ1) is 13.9. The highest BCUT2D eigenvalue weighted by Gasteiger charge is 2.38. The number of hydrogen-bond donors (Lipinski definition) is 1. The summed E-state index contributed by atoms with van der Waals surface area (Å²) in [7, 11) is 0. The Bertz CT molecular complexity index is 730. The van der Waals surface area contributed by atoms with Crippen LogP contribution in [0.5, 0.6) is 11.5 Å². The summed E-state index contributed by atoms with van der Waals surface area (Å²) in [5, 5.41) is 3.19. The molecule has 1 aromatic carbocycles. The maximum atomic E-state index is 13.0. The van der Waals surface area contributed by atoms with Gasteiger partial charge in [0.1, 0.15) is 0 Å². The van der Waals surface area contributed by atoms with Gasteiger partial charge >= 0.3 is 0 Å². The molecule has 2 aliphatic rings. The summed E-state index contributed by atoms with van der Waals surface area (Å²) < 4.78 is 11.4. The zero-order valence-electron chi connectivity index (χ0n) is 18.1. The molecule has 2 atom stereocenters. The average Bonchev–Trinajstić information content (AvgIpc) is 3.42. The Morgan fingerprint density at radius 1 is 1.17 bits per heavy atom. The van der Waals surface area contributed by atoms with Crippen molar-refractivity contribution in [3.63, 3.8) is 0 Å². The highest BCUT2D eigenvalue weighted by Crippen LogP contribution is 2.34. The Hall–Kier alpha value is -2.24. The van der Waals surface area contributed by atoms with Gasteiger partial charge in [-0.05, 0) is 56.2 Å². The summed E-state index contributed by atoms with van der Waals surface area (Å²) in [6, 6.07) is 5.70. The van der Waals surface area contributed by atoms with Crippen LogP contribution in [0.1, 0.15) is 58.6 Å². The molecule has 6 heteroatoms. The van der Waals surface area contributed by atoms with Gasteiger partial charge in [0.2, 0.25) is 11.8 Å². The van der Waals surface area contributed by atoms with E-state index < -0.39 is 0 Å². The molecule has 0 spiro atoms. The minimum absolute atomic E-state index is 0.0396. The summed E-state index contributed by atoms with van der Waals surface area (Å²) in [5.74, 6) is 2.05. The molecule has 160 valence electrons. The van der Waals surface area contributed by atoms with Crippen molar-refractivity contribution in [1.82, 2.24) is 10.2 Å². The maximum absolute atomic E-state index is 13.0. The van der Waals surface area contributed by atoms with Gasteiger partial charge in [-0.15, -0.1) is 0 Å². The molecule has 1 heterocycles. The summed E-state index contributed by atoms with van der Waals surface area (Å²) in [4.78, 5) is 27.1. The number of hydrogen-bond acceptors (Lipinski definition) is 4. The lowest BCUT2D eigenvalue weighted by Crippen LogP contribution is -2.37. The van der Waals surface area contributed by atoms with Crippen LogP contribution in [0, 0.1) is 17.8 Å². The molecular weight excluding hydrogens is 368 g/mol. The second-order valence-corrected chi connectivity index (χ2v) is 8.45. The van der Waals surface area contributed by atoms with Gasteiger partial charge in [-0.25, -0.2) is 0 Å². The molecule has 29 heavy (non-hydrogen) atoms. The number of nitrogens with zero attached hydrogens (tertiary/aromatic N) is 1. The van der Waals surface area contributed by atoms with Gasteiger partial charge in [0.25, 0.3) is 0 Å².